The Morgan fingerprint density at radius 1 is 1.04 bits per heavy atom. The lowest BCUT2D eigenvalue weighted by molar-refractivity contribution is -0.135. The lowest BCUT2D eigenvalue weighted by Crippen LogP contribution is -2.56. The van der Waals surface area contributed by atoms with Crippen LogP contribution in [-0.2, 0) is 14.6 Å². The maximum absolute atomic E-state index is 13.3. The molecule has 23 heavy (non-hydrogen) atoms. The first-order chi connectivity index (χ1) is 10.9. The second-order valence-electron chi connectivity index (χ2n) is 7.52. The van der Waals surface area contributed by atoms with Crippen LogP contribution in [0.2, 0.25) is 0 Å². The van der Waals surface area contributed by atoms with Crippen LogP contribution in [0.4, 0.5) is 0 Å². The van der Waals surface area contributed by atoms with Gasteiger partial charge in [0, 0.05) is 24.9 Å². The largest absolute Gasteiger partial charge is 0.337 e. The number of likely N-dealkylation sites (tertiary alicyclic amines) is 2. The van der Waals surface area contributed by atoms with E-state index in [1.54, 1.807) is 0 Å². The van der Waals surface area contributed by atoms with Gasteiger partial charge in [0.25, 0.3) is 0 Å². The van der Waals surface area contributed by atoms with E-state index in [1.165, 1.54) is 12.7 Å². The predicted molar refractivity (Wildman–Crippen MR) is 91.0 cm³/mol. The number of amides is 1. The third kappa shape index (κ3) is 2.82. The van der Waals surface area contributed by atoms with Crippen LogP contribution < -0.4 is 0 Å². The minimum Gasteiger partial charge on any atom is -0.337 e. The fourth-order valence-corrected chi connectivity index (χ4v) is 6.54. The van der Waals surface area contributed by atoms with Crippen LogP contribution in [0, 0.1) is 0 Å². The molecule has 132 valence electrons. The smallest absolute Gasteiger partial charge is 0.244 e. The summed E-state index contributed by atoms with van der Waals surface area (Å²) in [6.07, 6.45) is 8.32. The molecule has 1 aliphatic carbocycles. The van der Waals surface area contributed by atoms with E-state index in [0.29, 0.717) is 18.9 Å². The topological polar surface area (TPSA) is 57.7 Å². The summed E-state index contributed by atoms with van der Waals surface area (Å²) in [6.45, 7) is 5.03. The van der Waals surface area contributed by atoms with Crippen molar-refractivity contribution in [3.05, 3.63) is 0 Å². The van der Waals surface area contributed by atoms with E-state index in [0.717, 1.165) is 51.7 Å². The predicted octanol–water partition coefficient (Wildman–Crippen LogP) is 1.82. The minimum absolute atomic E-state index is 0.0945. The molecule has 0 N–H and O–H groups in total. The molecule has 2 saturated heterocycles. The highest BCUT2D eigenvalue weighted by atomic mass is 32.2. The summed E-state index contributed by atoms with van der Waals surface area (Å²) in [5.41, 5.74) is 0. The average Bonchev–Trinajstić information content (AvgIpc) is 3.23. The third-order valence-corrected chi connectivity index (χ3v) is 8.34. The zero-order valence-corrected chi connectivity index (χ0v) is 15.3. The number of sulfone groups is 1. The first-order valence-corrected chi connectivity index (χ1v) is 11.0. The Kier molecular flexibility index (Phi) is 4.76. The van der Waals surface area contributed by atoms with E-state index >= 15 is 0 Å². The fourth-order valence-electron chi connectivity index (χ4n) is 5.08. The van der Waals surface area contributed by atoms with E-state index < -0.39 is 14.6 Å². The number of carbonyl (C=O) groups excluding carboxylic acids is 1. The van der Waals surface area contributed by atoms with Crippen molar-refractivity contribution in [3.8, 4) is 0 Å². The molecule has 2 aliphatic heterocycles. The Balaban J connectivity index is 1.86. The molecule has 2 heterocycles. The number of likely N-dealkylation sites (N-methyl/N-ethyl adjacent to an activating group) is 1. The highest BCUT2D eigenvalue weighted by Crippen LogP contribution is 2.41. The molecule has 0 bridgehead atoms. The van der Waals surface area contributed by atoms with Crippen LogP contribution in [0.1, 0.15) is 58.3 Å². The monoisotopic (exact) mass is 342 g/mol. The molecule has 0 aromatic heterocycles. The second kappa shape index (κ2) is 6.36. The van der Waals surface area contributed by atoms with Gasteiger partial charge in [0.1, 0.15) is 0 Å². The molecule has 1 amide bonds. The molecular formula is C17H30N2O3S. The van der Waals surface area contributed by atoms with Gasteiger partial charge < -0.3 is 4.90 Å². The van der Waals surface area contributed by atoms with Gasteiger partial charge in [-0.3, -0.25) is 9.69 Å². The lowest BCUT2D eigenvalue weighted by Gasteiger charge is -2.38. The van der Waals surface area contributed by atoms with Crippen molar-refractivity contribution in [2.75, 3.05) is 25.9 Å². The van der Waals surface area contributed by atoms with E-state index in [4.69, 9.17) is 0 Å². The van der Waals surface area contributed by atoms with E-state index in [9.17, 15) is 13.2 Å². The molecule has 1 saturated carbocycles. The third-order valence-electron chi connectivity index (χ3n) is 6.34. The van der Waals surface area contributed by atoms with Crippen LogP contribution in [0.5, 0.6) is 0 Å². The lowest BCUT2D eigenvalue weighted by atomic mass is 10.00. The van der Waals surface area contributed by atoms with Crippen LogP contribution in [0.3, 0.4) is 0 Å². The summed E-state index contributed by atoms with van der Waals surface area (Å²) in [6, 6.07) is 0.633. The average molecular weight is 343 g/mol. The van der Waals surface area contributed by atoms with Gasteiger partial charge >= 0.3 is 0 Å². The molecule has 6 heteroatoms. The number of nitrogens with zero attached hydrogens (tertiary/aromatic N) is 2. The Hall–Kier alpha value is -0.620. The Labute approximate surface area is 140 Å². The highest BCUT2D eigenvalue weighted by molar-refractivity contribution is 7.92. The summed E-state index contributed by atoms with van der Waals surface area (Å²) in [4.78, 5) is 17.7. The molecule has 2 atom stereocenters. The molecule has 0 radical (unpaired) electrons. The number of hydrogen-bond donors (Lipinski definition) is 0. The molecular weight excluding hydrogens is 312 g/mol. The summed E-state index contributed by atoms with van der Waals surface area (Å²) < 4.78 is 23.8. The van der Waals surface area contributed by atoms with Gasteiger partial charge in [-0.05, 0) is 51.6 Å². The van der Waals surface area contributed by atoms with Gasteiger partial charge in [-0.25, -0.2) is 8.42 Å². The van der Waals surface area contributed by atoms with Gasteiger partial charge in [0.15, 0.2) is 14.6 Å². The minimum atomic E-state index is -3.37. The summed E-state index contributed by atoms with van der Waals surface area (Å²) in [5, 5.41) is 0. The van der Waals surface area contributed by atoms with Crippen molar-refractivity contribution < 1.29 is 13.2 Å². The molecule has 3 rings (SSSR count). The maximum Gasteiger partial charge on any atom is 0.244 e. The number of carbonyl (C=O) groups is 1. The fraction of sp³-hybridized carbons (Fsp3) is 0.941. The molecule has 3 fully saturated rings. The van der Waals surface area contributed by atoms with Crippen molar-refractivity contribution in [3.63, 3.8) is 0 Å². The van der Waals surface area contributed by atoms with Gasteiger partial charge in [0.05, 0.1) is 0 Å². The summed E-state index contributed by atoms with van der Waals surface area (Å²) in [5.74, 6) is -0.0945. The van der Waals surface area contributed by atoms with Crippen molar-refractivity contribution in [1.29, 1.82) is 0 Å². The summed E-state index contributed by atoms with van der Waals surface area (Å²) in [7, 11) is -3.37. The quantitative estimate of drug-likeness (QED) is 0.782. The summed E-state index contributed by atoms with van der Waals surface area (Å²) >= 11 is 0. The Morgan fingerprint density at radius 3 is 2.26 bits per heavy atom. The van der Waals surface area contributed by atoms with Crippen molar-refractivity contribution in [1.82, 2.24) is 9.80 Å². The van der Waals surface area contributed by atoms with Crippen LogP contribution >= 0.6 is 0 Å². The molecule has 0 unspecified atom stereocenters. The molecule has 0 spiro atoms. The Bertz CT molecular complexity index is 554. The van der Waals surface area contributed by atoms with Crippen LogP contribution in [0.15, 0.2) is 0 Å². The van der Waals surface area contributed by atoms with Crippen LogP contribution in [0.25, 0.3) is 0 Å². The van der Waals surface area contributed by atoms with Gasteiger partial charge in [-0.1, -0.05) is 19.8 Å². The maximum atomic E-state index is 13.3. The molecule has 0 aromatic carbocycles. The zero-order chi connectivity index (χ0) is 16.7. The zero-order valence-electron chi connectivity index (χ0n) is 14.5. The normalized spacial score (nSPS) is 31.8. The second-order valence-corrected chi connectivity index (χ2v) is 9.85. The van der Waals surface area contributed by atoms with Crippen molar-refractivity contribution in [2.45, 2.75) is 75.1 Å². The number of hydrogen-bond acceptors (Lipinski definition) is 4. The molecule has 3 aliphatic rings. The first kappa shape index (κ1) is 17.2. The number of rotatable bonds is 4. The Morgan fingerprint density at radius 2 is 1.65 bits per heavy atom. The van der Waals surface area contributed by atoms with E-state index in [2.05, 4.69) is 11.8 Å². The van der Waals surface area contributed by atoms with Gasteiger partial charge in [0.2, 0.25) is 5.91 Å². The van der Waals surface area contributed by atoms with Crippen LogP contribution in [-0.4, -0.2) is 66.8 Å². The van der Waals surface area contributed by atoms with Crippen molar-refractivity contribution in [2.24, 2.45) is 0 Å². The van der Waals surface area contributed by atoms with E-state index in [1.807, 2.05) is 4.90 Å². The van der Waals surface area contributed by atoms with Crippen molar-refractivity contribution >= 4 is 15.7 Å². The molecule has 0 aromatic rings. The highest BCUT2D eigenvalue weighted by Gasteiger charge is 2.54. The van der Waals surface area contributed by atoms with Gasteiger partial charge in [-0.2, -0.15) is 0 Å². The first-order valence-electron chi connectivity index (χ1n) is 9.15. The standard InChI is InChI=1S/C17H30N2O3S/c1-3-18-12-6-8-14(18)15-9-7-13-19(15)16(20)17(23(2,21)22)10-4-5-11-17/h14-15H,3-13H2,1-2H3/t14-,15+/m1/s1. The SMILES string of the molecule is CCN1CCC[C@@H]1[C@@H]1CCCN1C(=O)C1(S(C)(=O)=O)CCCC1. The van der Waals surface area contributed by atoms with E-state index in [-0.39, 0.29) is 11.9 Å². The van der Waals surface area contributed by atoms with Gasteiger partial charge in [-0.15, -0.1) is 0 Å². The molecule has 5 nitrogen and oxygen atoms in total.